The Hall–Kier alpha value is -0.250. The first-order chi connectivity index (χ1) is 7.77. The van der Waals surface area contributed by atoms with Gasteiger partial charge in [0.15, 0.2) is 0 Å². The second kappa shape index (κ2) is 7.93. The van der Waals surface area contributed by atoms with Crippen molar-refractivity contribution < 1.29 is 9.47 Å². The fourth-order valence-electron chi connectivity index (χ4n) is 1.23. The molecule has 0 saturated carbocycles. The molecule has 0 saturated heterocycles. The summed E-state index contributed by atoms with van der Waals surface area (Å²) in [4.78, 5) is 0. The standard InChI is InChI=1S/C12H16BrClO2/c1-2-15-6-3-7-16-12-5-4-10(9-14)8-11(12)13/h4-5,8H,2-3,6-7,9H2,1H3. The van der Waals surface area contributed by atoms with Crippen LogP contribution in [0.1, 0.15) is 18.9 Å². The highest BCUT2D eigenvalue weighted by Crippen LogP contribution is 2.26. The zero-order valence-corrected chi connectivity index (χ0v) is 11.7. The van der Waals surface area contributed by atoms with Gasteiger partial charge in [-0.3, -0.25) is 0 Å². The summed E-state index contributed by atoms with van der Waals surface area (Å²) in [6.07, 6.45) is 0.900. The number of ether oxygens (including phenoxy) is 2. The molecule has 0 aliphatic carbocycles. The second-order valence-electron chi connectivity index (χ2n) is 3.30. The Morgan fingerprint density at radius 2 is 2.12 bits per heavy atom. The minimum atomic E-state index is 0.517. The Morgan fingerprint density at radius 3 is 2.75 bits per heavy atom. The van der Waals surface area contributed by atoms with Crippen molar-refractivity contribution in [2.45, 2.75) is 19.2 Å². The van der Waals surface area contributed by atoms with Gasteiger partial charge < -0.3 is 9.47 Å². The zero-order valence-electron chi connectivity index (χ0n) is 9.34. The van der Waals surface area contributed by atoms with Crippen molar-refractivity contribution in [1.29, 1.82) is 0 Å². The third kappa shape index (κ3) is 4.73. The monoisotopic (exact) mass is 306 g/mol. The summed E-state index contributed by atoms with van der Waals surface area (Å²) in [7, 11) is 0. The first-order valence-electron chi connectivity index (χ1n) is 5.33. The molecule has 16 heavy (non-hydrogen) atoms. The number of rotatable bonds is 7. The predicted octanol–water partition coefficient (Wildman–Crippen LogP) is 3.99. The van der Waals surface area contributed by atoms with Crippen LogP contribution in [0.3, 0.4) is 0 Å². The van der Waals surface area contributed by atoms with Crippen molar-refractivity contribution in [2.75, 3.05) is 19.8 Å². The third-order valence-corrected chi connectivity index (χ3v) is 2.97. The maximum Gasteiger partial charge on any atom is 0.133 e. The first-order valence-corrected chi connectivity index (χ1v) is 6.65. The van der Waals surface area contributed by atoms with Crippen LogP contribution in [0.2, 0.25) is 0 Å². The molecule has 0 fully saturated rings. The van der Waals surface area contributed by atoms with Gasteiger partial charge in [-0.2, -0.15) is 0 Å². The van der Waals surface area contributed by atoms with Crippen LogP contribution in [0.25, 0.3) is 0 Å². The maximum absolute atomic E-state index is 5.73. The van der Waals surface area contributed by atoms with Crippen LogP contribution < -0.4 is 4.74 Å². The summed E-state index contributed by atoms with van der Waals surface area (Å²) in [6.45, 7) is 4.16. The van der Waals surface area contributed by atoms with E-state index in [0.29, 0.717) is 12.5 Å². The molecule has 0 heterocycles. The summed E-state index contributed by atoms with van der Waals surface area (Å²) in [6, 6.07) is 5.88. The van der Waals surface area contributed by atoms with Gasteiger partial charge in [0.2, 0.25) is 0 Å². The van der Waals surface area contributed by atoms with E-state index in [9.17, 15) is 0 Å². The number of benzene rings is 1. The molecular weight excluding hydrogens is 291 g/mol. The molecule has 0 spiro atoms. The molecule has 0 aliphatic heterocycles. The van der Waals surface area contributed by atoms with E-state index in [1.54, 1.807) is 0 Å². The van der Waals surface area contributed by atoms with Gasteiger partial charge in [-0.25, -0.2) is 0 Å². The fraction of sp³-hybridized carbons (Fsp3) is 0.500. The lowest BCUT2D eigenvalue weighted by atomic mass is 10.2. The van der Waals surface area contributed by atoms with E-state index >= 15 is 0 Å². The lowest BCUT2D eigenvalue weighted by Crippen LogP contribution is -2.03. The molecule has 0 amide bonds. The van der Waals surface area contributed by atoms with Gasteiger partial charge in [0.05, 0.1) is 11.1 Å². The van der Waals surface area contributed by atoms with E-state index in [1.165, 1.54) is 0 Å². The van der Waals surface area contributed by atoms with Crippen molar-refractivity contribution in [1.82, 2.24) is 0 Å². The molecule has 1 aromatic rings. The number of hydrogen-bond donors (Lipinski definition) is 0. The molecular formula is C12H16BrClO2. The Bertz CT molecular complexity index is 318. The number of hydrogen-bond acceptors (Lipinski definition) is 2. The molecule has 0 atom stereocenters. The topological polar surface area (TPSA) is 18.5 Å². The second-order valence-corrected chi connectivity index (χ2v) is 4.42. The third-order valence-electron chi connectivity index (χ3n) is 2.05. The van der Waals surface area contributed by atoms with E-state index in [2.05, 4.69) is 15.9 Å². The Morgan fingerprint density at radius 1 is 1.31 bits per heavy atom. The van der Waals surface area contributed by atoms with Crippen molar-refractivity contribution >= 4 is 27.5 Å². The molecule has 90 valence electrons. The van der Waals surface area contributed by atoms with Gasteiger partial charge in [-0.1, -0.05) is 6.07 Å². The van der Waals surface area contributed by atoms with Crippen molar-refractivity contribution in [3.8, 4) is 5.75 Å². The summed E-state index contributed by atoms with van der Waals surface area (Å²) >= 11 is 9.19. The minimum Gasteiger partial charge on any atom is -0.492 e. The Balaban J connectivity index is 2.36. The average molecular weight is 308 g/mol. The molecule has 0 bridgehead atoms. The van der Waals surface area contributed by atoms with Crippen LogP contribution in [0.4, 0.5) is 0 Å². The first kappa shape index (κ1) is 13.8. The molecule has 0 aliphatic rings. The lowest BCUT2D eigenvalue weighted by molar-refractivity contribution is 0.130. The smallest absolute Gasteiger partial charge is 0.133 e. The maximum atomic E-state index is 5.73. The average Bonchev–Trinajstić information content (AvgIpc) is 2.30. The van der Waals surface area contributed by atoms with Crippen LogP contribution in [-0.4, -0.2) is 19.8 Å². The summed E-state index contributed by atoms with van der Waals surface area (Å²) in [5.74, 6) is 1.37. The molecule has 0 unspecified atom stereocenters. The summed E-state index contributed by atoms with van der Waals surface area (Å²) in [5.41, 5.74) is 1.08. The van der Waals surface area contributed by atoms with E-state index in [0.717, 1.165) is 35.4 Å². The van der Waals surface area contributed by atoms with Gasteiger partial charge in [0, 0.05) is 25.5 Å². The highest BCUT2D eigenvalue weighted by Gasteiger charge is 2.02. The molecule has 2 nitrogen and oxygen atoms in total. The molecule has 1 aromatic carbocycles. The van der Waals surface area contributed by atoms with Gasteiger partial charge in [0.1, 0.15) is 5.75 Å². The van der Waals surface area contributed by atoms with Crippen LogP contribution in [0.5, 0.6) is 5.75 Å². The summed E-state index contributed by atoms with van der Waals surface area (Å²) in [5, 5.41) is 0. The number of alkyl halides is 1. The van der Waals surface area contributed by atoms with E-state index < -0.39 is 0 Å². The Kier molecular flexibility index (Phi) is 6.85. The summed E-state index contributed by atoms with van der Waals surface area (Å²) < 4.78 is 11.8. The quantitative estimate of drug-likeness (QED) is 0.560. The van der Waals surface area contributed by atoms with Gasteiger partial charge in [-0.05, 0) is 40.5 Å². The highest BCUT2D eigenvalue weighted by atomic mass is 79.9. The van der Waals surface area contributed by atoms with Crippen LogP contribution in [0, 0.1) is 0 Å². The predicted molar refractivity (Wildman–Crippen MR) is 70.3 cm³/mol. The van der Waals surface area contributed by atoms with Gasteiger partial charge in [-0.15, -0.1) is 11.6 Å². The largest absolute Gasteiger partial charge is 0.492 e. The molecule has 0 radical (unpaired) electrons. The SMILES string of the molecule is CCOCCCOc1ccc(CCl)cc1Br. The molecule has 0 N–H and O–H groups in total. The van der Waals surface area contributed by atoms with Crippen LogP contribution in [0.15, 0.2) is 22.7 Å². The highest BCUT2D eigenvalue weighted by molar-refractivity contribution is 9.10. The molecule has 4 heteroatoms. The van der Waals surface area contributed by atoms with Crippen molar-refractivity contribution in [3.63, 3.8) is 0 Å². The normalized spacial score (nSPS) is 10.4. The van der Waals surface area contributed by atoms with Crippen molar-refractivity contribution in [3.05, 3.63) is 28.2 Å². The van der Waals surface area contributed by atoms with Crippen LogP contribution in [-0.2, 0) is 10.6 Å². The molecule has 1 rings (SSSR count). The van der Waals surface area contributed by atoms with E-state index in [-0.39, 0.29) is 0 Å². The fourth-order valence-corrected chi connectivity index (χ4v) is 1.94. The zero-order chi connectivity index (χ0) is 11.8. The lowest BCUT2D eigenvalue weighted by Gasteiger charge is -2.09. The Labute approximate surface area is 110 Å². The van der Waals surface area contributed by atoms with Gasteiger partial charge >= 0.3 is 0 Å². The number of halogens is 2. The van der Waals surface area contributed by atoms with Gasteiger partial charge in [0.25, 0.3) is 0 Å². The molecule has 0 aromatic heterocycles. The van der Waals surface area contributed by atoms with E-state index in [1.807, 2.05) is 25.1 Å². The van der Waals surface area contributed by atoms with Crippen LogP contribution >= 0.6 is 27.5 Å². The van der Waals surface area contributed by atoms with Crippen molar-refractivity contribution in [2.24, 2.45) is 0 Å². The van der Waals surface area contributed by atoms with E-state index in [4.69, 9.17) is 21.1 Å². The minimum absolute atomic E-state index is 0.517.